The summed E-state index contributed by atoms with van der Waals surface area (Å²) in [5.74, 6) is 0.872. The normalized spacial score (nSPS) is 20.7. The molecule has 0 N–H and O–H groups in total. The van der Waals surface area contributed by atoms with Crippen LogP contribution in [0.2, 0.25) is 0 Å². The molecule has 1 fully saturated rings. The van der Waals surface area contributed by atoms with Gasteiger partial charge in [0.1, 0.15) is 5.78 Å². The van der Waals surface area contributed by atoms with Crippen molar-refractivity contribution in [1.82, 2.24) is 4.90 Å². The number of benzene rings is 1. The second-order valence-corrected chi connectivity index (χ2v) is 5.29. The fourth-order valence-electron chi connectivity index (χ4n) is 2.63. The fourth-order valence-corrected chi connectivity index (χ4v) is 2.63. The molecule has 0 amide bonds. The largest absolute Gasteiger partial charge is 0.298 e. The van der Waals surface area contributed by atoms with Crippen LogP contribution in [0.15, 0.2) is 24.3 Å². The van der Waals surface area contributed by atoms with Gasteiger partial charge >= 0.3 is 0 Å². The highest BCUT2D eigenvalue weighted by atomic mass is 16.1. The molecule has 0 atom stereocenters. The van der Waals surface area contributed by atoms with E-state index in [1.54, 1.807) is 0 Å². The average Bonchev–Trinajstić information content (AvgIpc) is 3.16. The molecule has 0 spiro atoms. The summed E-state index contributed by atoms with van der Waals surface area (Å²) >= 11 is 0. The Morgan fingerprint density at radius 2 is 1.71 bits per heavy atom. The van der Waals surface area contributed by atoms with Crippen LogP contribution in [-0.2, 0) is 17.6 Å². The minimum Gasteiger partial charge on any atom is -0.298 e. The van der Waals surface area contributed by atoms with E-state index in [0.717, 1.165) is 38.8 Å². The molecule has 1 heterocycles. The zero-order valence-electron chi connectivity index (χ0n) is 10.2. The lowest BCUT2D eigenvalue weighted by Gasteiger charge is -2.18. The predicted molar refractivity (Wildman–Crippen MR) is 68.0 cm³/mol. The lowest BCUT2D eigenvalue weighted by molar-refractivity contribution is -0.121. The molecule has 3 rings (SSSR count). The summed E-state index contributed by atoms with van der Waals surface area (Å²) in [5.41, 5.74) is 2.93. The highest BCUT2D eigenvalue weighted by Gasteiger charge is 2.30. The second kappa shape index (κ2) is 4.61. The summed E-state index contributed by atoms with van der Waals surface area (Å²) in [4.78, 5) is 14.2. The van der Waals surface area contributed by atoms with E-state index in [4.69, 9.17) is 0 Å². The maximum Gasteiger partial charge on any atom is 0.149 e. The average molecular weight is 229 g/mol. The summed E-state index contributed by atoms with van der Waals surface area (Å²) in [6, 6.07) is 8.68. The van der Waals surface area contributed by atoms with Crippen LogP contribution in [0.3, 0.4) is 0 Å². The van der Waals surface area contributed by atoms with Gasteiger partial charge in [0.05, 0.1) is 6.54 Å². The maximum absolute atomic E-state index is 11.8. The van der Waals surface area contributed by atoms with Gasteiger partial charge in [-0.3, -0.25) is 9.69 Å². The summed E-state index contributed by atoms with van der Waals surface area (Å²) in [6.45, 7) is 2.75. The third kappa shape index (κ3) is 2.58. The highest BCUT2D eigenvalue weighted by Crippen LogP contribution is 2.30. The Morgan fingerprint density at radius 3 is 2.24 bits per heavy atom. The number of nitrogens with zero attached hydrogens (tertiary/aromatic N) is 1. The first kappa shape index (κ1) is 11.0. The van der Waals surface area contributed by atoms with Gasteiger partial charge in [0.15, 0.2) is 0 Å². The number of rotatable bonds is 3. The molecule has 1 aromatic carbocycles. The highest BCUT2D eigenvalue weighted by molar-refractivity contribution is 5.85. The monoisotopic (exact) mass is 229 g/mol. The van der Waals surface area contributed by atoms with E-state index < -0.39 is 0 Å². The van der Waals surface area contributed by atoms with E-state index in [0.29, 0.717) is 18.2 Å². The van der Waals surface area contributed by atoms with Crippen LogP contribution in [0.4, 0.5) is 0 Å². The molecule has 17 heavy (non-hydrogen) atoms. The lowest BCUT2D eigenvalue weighted by Crippen LogP contribution is -2.32. The molecule has 90 valence electrons. The van der Waals surface area contributed by atoms with Crippen LogP contribution in [-0.4, -0.2) is 30.3 Å². The van der Waals surface area contributed by atoms with Crippen molar-refractivity contribution in [1.29, 1.82) is 0 Å². The van der Waals surface area contributed by atoms with Crippen molar-refractivity contribution in [2.45, 2.75) is 25.7 Å². The minimum absolute atomic E-state index is 0.403. The quantitative estimate of drug-likeness (QED) is 0.791. The van der Waals surface area contributed by atoms with E-state index in [9.17, 15) is 4.79 Å². The summed E-state index contributed by atoms with van der Waals surface area (Å²) < 4.78 is 0. The van der Waals surface area contributed by atoms with Gasteiger partial charge in [-0.05, 0) is 36.8 Å². The van der Waals surface area contributed by atoms with Crippen LogP contribution in [0.5, 0.6) is 0 Å². The zero-order chi connectivity index (χ0) is 11.7. The van der Waals surface area contributed by atoms with E-state index in [2.05, 4.69) is 29.2 Å². The lowest BCUT2D eigenvalue weighted by atomic mass is 10.0. The summed E-state index contributed by atoms with van der Waals surface area (Å²) in [5, 5.41) is 0. The van der Waals surface area contributed by atoms with E-state index in [-0.39, 0.29) is 0 Å². The van der Waals surface area contributed by atoms with Gasteiger partial charge in [-0.1, -0.05) is 24.3 Å². The standard InChI is InChI=1S/C15H19NO/c17-15(14-5-6-14)11-16-9-7-12-3-1-2-4-13(12)8-10-16/h1-4,14H,5-11H2. The molecule has 0 unspecified atom stereocenters. The van der Waals surface area contributed by atoms with Crippen molar-refractivity contribution in [2.24, 2.45) is 5.92 Å². The van der Waals surface area contributed by atoms with Crippen molar-refractivity contribution in [3.05, 3.63) is 35.4 Å². The van der Waals surface area contributed by atoms with Crippen molar-refractivity contribution >= 4 is 5.78 Å². The number of carbonyl (C=O) groups excluding carboxylic acids is 1. The summed E-state index contributed by atoms with van der Waals surface area (Å²) in [7, 11) is 0. The molecular formula is C15H19NO. The fraction of sp³-hybridized carbons (Fsp3) is 0.533. The Bertz CT molecular complexity index is 396. The van der Waals surface area contributed by atoms with Crippen molar-refractivity contribution in [3.63, 3.8) is 0 Å². The Morgan fingerprint density at radius 1 is 1.12 bits per heavy atom. The first-order chi connectivity index (χ1) is 8.33. The van der Waals surface area contributed by atoms with Crippen LogP contribution in [0.25, 0.3) is 0 Å². The first-order valence-corrected chi connectivity index (χ1v) is 6.65. The molecule has 2 nitrogen and oxygen atoms in total. The molecule has 0 bridgehead atoms. The number of hydrogen-bond acceptors (Lipinski definition) is 2. The topological polar surface area (TPSA) is 20.3 Å². The van der Waals surface area contributed by atoms with Gasteiger partial charge in [-0.15, -0.1) is 0 Å². The van der Waals surface area contributed by atoms with E-state index in [1.165, 1.54) is 11.1 Å². The molecule has 1 aromatic rings. The van der Waals surface area contributed by atoms with Gasteiger partial charge in [0.25, 0.3) is 0 Å². The number of hydrogen-bond donors (Lipinski definition) is 0. The van der Waals surface area contributed by atoms with Gasteiger partial charge < -0.3 is 0 Å². The Kier molecular flexibility index (Phi) is 2.98. The van der Waals surface area contributed by atoms with E-state index >= 15 is 0 Å². The minimum atomic E-state index is 0.403. The first-order valence-electron chi connectivity index (χ1n) is 6.65. The number of fused-ring (bicyclic) bond motifs is 1. The molecular weight excluding hydrogens is 210 g/mol. The van der Waals surface area contributed by atoms with E-state index in [1.807, 2.05) is 0 Å². The number of ketones is 1. The summed E-state index contributed by atoms with van der Waals surface area (Å²) in [6.07, 6.45) is 4.45. The molecule has 2 aliphatic rings. The number of Topliss-reactive ketones (excluding diaryl/α,β-unsaturated/α-hetero) is 1. The Balaban J connectivity index is 1.62. The van der Waals surface area contributed by atoms with Crippen LogP contribution in [0, 0.1) is 5.92 Å². The van der Waals surface area contributed by atoms with Crippen LogP contribution < -0.4 is 0 Å². The molecule has 0 aromatic heterocycles. The predicted octanol–water partition coefficient (Wildman–Crippen LogP) is 2.07. The van der Waals surface area contributed by atoms with Gasteiger partial charge in [-0.2, -0.15) is 0 Å². The van der Waals surface area contributed by atoms with Crippen molar-refractivity contribution in [3.8, 4) is 0 Å². The SMILES string of the molecule is O=C(CN1CCc2ccccc2CC1)C1CC1. The zero-order valence-corrected chi connectivity index (χ0v) is 10.2. The van der Waals surface area contributed by atoms with Gasteiger partial charge in [0.2, 0.25) is 0 Å². The third-order valence-electron chi connectivity index (χ3n) is 3.93. The second-order valence-electron chi connectivity index (χ2n) is 5.29. The van der Waals surface area contributed by atoms with Crippen molar-refractivity contribution in [2.75, 3.05) is 19.6 Å². The maximum atomic E-state index is 11.8. The Labute approximate surface area is 103 Å². The van der Waals surface area contributed by atoms with Crippen LogP contribution in [0.1, 0.15) is 24.0 Å². The Hall–Kier alpha value is -1.15. The molecule has 1 aliphatic carbocycles. The van der Waals surface area contributed by atoms with Crippen LogP contribution >= 0.6 is 0 Å². The van der Waals surface area contributed by atoms with Gasteiger partial charge in [-0.25, -0.2) is 0 Å². The number of carbonyl (C=O) groups is 1. The molecule has 2 heteroatoms. The molecule has 1 aliphatic heterocycles. The molecule has 0 radical (unpaired) electrons. The third-order valence-corrected chi connectivity index (χ3v) is 3.93. The molecule has 0 saturated heterocycles. The molecule has 1 saturated carbocycles. The van der Waals surface area contributed by atoms with Gasteiger partial charge in [0, 0.05) is 19.0 Å². The van der Waals surface area contributed by atoms with Crippen molar-refractivity contribution < 1.29 is 4.79 Å². The smallest absolute Gasteiger partial charge is 0.149 e.